The van der Waals surface area contributed by atoms with E-state index in [1.54, 1.807) is 67.3 Å². The topological polar surface area (TPSA) is 73.2 Å². The summed E-state index contributed by atoms with van der Waals surface area (Å²) in [6.07, 6.45) is 4.67. The van der Waals surface area contributed by atoms with Crippen LogP contribution in [0.2, 0.25) is 0 Å². The van der Waals surface area contributed by atoms with E-state index in [1.807, 2.05) is 0 Å². The van der Waals surface area contributed by atoms with Crippen molar-refractivity contribution in [1.29, 1.82) is 0 Å². The minimum atomic E-state index is -0.407. The molecule has 0 fully saturated rings. The Morgan fingerprint density at radius 1 is 1.14 bits per heavy atom. The lowest BCUT2D eigenvalue weighted by Gasteiger charge is -2.05. The van der Waals surface area contributed by atoms with Crippen LogP contribution in [0, 0.1) is 5.82 Å². The molecule has 1 amide bonds. The predicted molar refractivity (Wildman–Crippen MR) is 109 cm³/mol. The molecular formula is C22H20FN3O3. The molecule has 148 valence electrons. The molecule has 1 heterocycles. The summed E-state index contributed by atoms with van der Waals surface area (Å²) in [7, 11) is 1.78. The van der Waals surface area contributed by atoms with Gasteiger partial charge in [-0.1, -0.05) is 0 Å². The summed E-state index contributed by atoms with van der Waals surface area (Å²) in [6, 6.07) is 12.5. The second-order valence-electron chi connectivity index (χ2n) is 6.20. The highest BCUT2D eigenvalue weighted by Crippen LogP contribution is 2.24. The normalized spacial score (nSPS) is 10.9. The molecule has 0 radical (unpaired) electrons. The zero-order valence-corrected chi connectivity index (χ0v) is 16.1. The Bertz CT molecular complexity index is 1040. The fourth-order valence-corrected chi connectivity index (χ4v) is 2.79. The number of ether oxygens (including phenoxy) is 1. The number of hydrogen-bond acceptors (Lipinski definition) is 4. The van der Waals surface area contributed by atoms with E-state index < -0.39 is 5.97 Å². The summed E-state index contributed by atoms with van der Waals surface area (Å²) in [4.78, 5) is 23.9. The van der Waals surface area contributed by atoms with Crippen LogP contribution >= 0.6 is 0 Å². The zero-order valence-electron chi connectivity index (χ0n) is 16.1. The first-order chi connectivity index (χ1) is 14.0. The average molecular weight is 393 g/mol. The predicted octanol–water partition coefficient (Wildman–Crippen LogP) is 4.05. The van der Waals surface area contributed by atoms with Gasteiger partial charge in [0.15, 0.2) is 0 Å². The van der Waals surface area contributed by atoms with Crippen molar-refractivity contribution in [3.8, 4) is 11.3 Å². The number of benzene rings is 2. The molecule has 1 N–H and O–H groups in total. The minimum Gasteiger partial charge on any atom is -0.462 e. The van der Waals surface area contributed by atoms with Crippen molar-refractivity contribution in [3.63, 3.8) is 0 Å². The number of rotatable bonds is 6. The second kappa shape index (κ2) is 8.97. The molecule has 0 saturated heterocycles. The molecule has 0 atom stereocenters. The molecule has 0 aliphatic rings. The van der Waals surface area contributed by atoms with Gasteiger partial charge in [-0.2, -0.15) is 5.10 Å². The number of esters is 1. The molecule has 0 spiro atoms. The van der Waals surface area contributed by atoms with Gasteiger partial charge in [-0.25, -0.2) is 9.18 Å². The molecular weight excluding hydrogens is 373 g/mol. The minimum absolute atomic E-state index is 0.302. The molecule has 3 rings (SSSR count). The lowest BCUT2D eigenvalue weighted by molar-refractivity contribution is -0.111. The largest absolute Gasteiger partial charge is 0.462 e. The van der Waals surface area contributed by atoms with Crippen molar-refractivity contribution in [1.82, 2.24) is 9.78 Å². The number of anilines is 1. The highest BCUT2D eigenvalue weighted by Gasteiger charge is 2.10. The highest BCUT2D eigenvalue weighted by atomic mass is 19.1. The van der Waals surface area contributed by atoms with Crippen LogP contribution in [0.5, 0.6) is 0 Å². The SMILES string of the molecule is CCOC(=O)c1ccc(NC(=O)/C=C/c2cnn(C)c2-c2ccc(F)cc2)cc1. The van der Waals surface area contributed by atoms with E-state index >= 15 is 0 Å². The third-order valence-electron chi connectivity index (χ3n) is 4.16. The summed E-state index contributed by atoms with van der Waals surface area (Å²) in [5.41, 5.74) is 3.26. The molecule has 3 aromatic rings. The number of halogens is 1. The molecule has 0 unspecified atom stereocenters. The van der Waals surface area contributed by atoms with E-state index in [1.165, 1.54) is 18.2 Å². The van der Waals surface area contributed by atoms with Gasteiger partial charge < -0.3 is 10.1 Å². The Labute approximate surface area is 167 Å². The monoisotopic (exact) mass is 393 g/mol. The number of amides is 1. The van der Waals surface area contributed by atoms with Crippen LogP contribution in [0.4, 0.5) is 10.1 Å². The highest BCUT2D eigenvalue weighted by molar-refractivity contribution is 6.02. The maximum absolute atomic E-state index is 13.2. The van der Waals surface area contributed by atoms with Gasteiger partial charge in [0.2, 0.25) is 5.91 Å². The van der Waals surface area contributed by atoms with E-state index in [2.05, 4.69) is 10.4 Å². The van der Waals surface area contributed by atoms with Gasteiger partial charge in [0, 0.05) is 29.9 Å². The van der Waals surface area contributed by atoms with E-state index in [-0.39, 0.29) is 11.7 Å². The van der Waals surface area contributed by atoms with Crippen molar-refractivity contribution in [2.45, 2.75) is 6.92 Å². The summed E-state index contributed by atoms with van der Waals surface area (Å²) in [5.74, 6) is -1.06. The lowest BCUT2D eigenvalue weighted by atomic mass is 10.1. The average Bonchev–Trinajstić information content (AvgIpc) is 3.08. The van der Waals surface area contributed by atoms with Gasteiger partial charge in [-0.15, -0.1) is 0 Å². The van der Waals surface area contributed by atoms with E-state index in [9.17, 15) is 14.0 Å². The van der Waals surface area contributed by atoms with Gasteiger partial charge in [-0.3, -0.25) is 9.48 Å². The molecule has 0 aliphatic heterocycles. The Hall–Kier alpha value is -3.74. The Kier molecular flexibility index (Phi) is 6.19. The van der Waals surface area contributed by atoms with Crippen LogP contribution in [0.3, 0.4) is 0 Å². The van der Waals surface area contributed by atoms with Crippen LogP contribution in [0.1, 0.15) is 22.8 Å². The Balaban J connectivity index is 1.70. The first-order valence-corrected chi connectivity index (χ1v) is 9.02. The van der Waals surface area contributed by atoms with Crippen molar-refractivity contribution in [2.24, 2.45) is 7.05 Å². The first-order valence-electron chi connectivity index (χ1n) is 9.02. The quantitative estimate of drug-likeness (QED) is 0.506. The van der Waals surface area contributed by atoms with Crippen molar-refractivity contribution in [2.75, 3.05) is 11.9 Å². The maximum atomic E-state index is 13.2. The van der Waals surface area contributed by atoms with Crippen LogP contribution < -0.4 is 5.32 Å². The van der Waals surface area contributed by atoms with Gasteiger partial charge >= 0.3 is 5.97 Å². The maximum Gasteiger partial charge on any atom is 0.338 e. The van der Waals surface area contributed by atoms with Gasteiger partial charge in [0.1, 0.15) is 5.82 Å². The summed E-state index contributed by atoms with van der Waals surface area (Å²) in [6.45, 7) is 2.04. The standard InChI is InChI=1S/C22H20FN3O3/c1-3-29-22(28)16-6-11-19(12-7-16)25-20(27)13-8-17-14-24-26(2)21(17)15-4-9-18(23)10-5-15/h4-14H,3H2,1-2H3,(H,25,27)/b13-8+. The molecule has 6 nitrogen and oxygen atoms in total. The molecule has 2 aromatic carbocycles. The molecule has 1 aromatic heterocycles. The molecule has 7 heteroatoms. The van der Waals surface area contributed by atoms with E-state index in [4.69, 9.17) is 4.74 Å². The molecule has 0 saturated carbocycles. The number of carbonyl (C=O) groups is 2. The first kappa shape index (κ1) is 20.0. The number of aryl methyl sites for hydroxylation is 1. The molecule has 0 aliphatic carbocycles. The van der Waals surface area contributed by atoms with Crippen LogP contribution in [-0.2, 0) is 16.6 Å². The van der Waals surface area contributed by atoms with Gasteiger partial charge in [0.05, 0.1) is 24.1 Å². The number of nitrogens with zero attached hydrogens (tertiary/aromatic N) is 2. The number of carbonyl (C=O) groups excluding carboxylic acids is 2. The Morgan fingerprint density at radius 3 is 2.48 bits per heavy atom. The number of aromatic nitrogens is 2. The van der Waals surface area contributed by atoms with Crippen molar-refractivity contribution >= 4 is 23.6 Å². The zero-order chi connectivity index (χ0) is 20.8. The van der Waals surface area contributed by atoms with Gasteiger partial charge in [0.25, 0.3) is 0 Å². The summed E-state index contributed by atoms with van der Waals surface area (Å²) >= 11 is 0. The van der Waals surface area contributed by atoms with Crippen molar-refractivity contribution < 1.29 is 18.7 Å². The van der Waals surface area contributed by atoms with Gasteiger partial charge in [-0.05, 0) is 61.5 Å². The fraction of sp³-hybridized carbons (Fsp3) is 0.136. The van der Waals surface area contributed by atoms with Crippen LogP contribution in [-0.4, -0.2) is 28.3 Å². The molecule has 29 heavy (non-hydrogen) atoms. The number of hydrogen-bond donors (Lipinski definition) is 1. The van der Waals surface area contributed by atoms with Crippen molar-refractivity contribution in [3.05, 3.63) is 77.7 Å². The third kappa shape index (κ3) is 4.95. The second-order valence-corrected chi connectivity index (χ2v) is 6.20. The lowest BCUT2D eigenvalue weighted by Crippen LogP contribution is -2.09. The van der Waals surface area contributed by atoms with Crippen LogP contribution in [0.25, 0.3) is 17.3 Å². The smallest absolute Gasteiger partial charge is 0.338 e. The summed E-state index contributed by atoms with van der Waals surface area (Å²) < 4.78 is 19.8. The fourth-order valence-electron chi connectivity index (χ4n) is 2.79. The molecule has 0 bridgehead atoms. The van der Waals surface area contributed by atoms with E-state index in [0.717, 1.165) is 16.8 Å². The third-order valence-corrected chi connectivity index (χ3v) is 4.16. The Morgan fingerprint density at radius 2 is 1.83 bits per heavy atom. The summed E-state index contributed by atoms with van der Waals surface area (Å²) in [5, 5.41) is 6.94. The van der Waals surface area contributed by atoms with E-state index in [0.29, 0.717) is 17.9 Å². The number of nitrogens with one attached hydrogen (secondary N) is 1. The van der Waals surface area contributed by atoms with Crippen LogP contribution in [0.15, 0.2) is 60.8 Å².